The Bertz CT molecular complexity index is 1130. The zero-order chi connectivity index (χ0) is 24.1. The van der Waals surface area contributed by atoms with Crippen molar-refractivity contribution >= 4 is 17.6 Å². The summed E-state index contributed by atoms with van der Waals surface area (Å²) in [5, 5.41) is 6.95. The maximum Gasteiger partial charge on any atom is 0.321 e. The minimum Gasteiger partial charge on any atom is -0.339 e. The summed E-state index contributed by atoms with van der Waals surface area (Å²) in [6, 6.07) is 14.7. The Morgan fingerprint density at radius 3 is 2.53 bits per heavy atom. The second kappa shape index (κ2) is 10.5. The first kappa shape index (κ1) is 23.5. The van der Waals surface area contributed by atoms with Gasteiger partial charge in [0.15, 0.2) is 5.82 Å². The van der Waals surface area contributed by atoms with Gasteiger partial charge < -0.3 is 19.6 Å². The summed E-state index contributed by atoms with van der Waals surface area (Å²) in [4.78, 5) is 33.1. The van der Waals surface area contributed by atoms with Crippen LogP contribution in [0.5, 0.6) is 0 Å². The van der Waals surface area contributed by atoms with E-state index >= 15 is 0 Å². The SMILES string of the molecule is Cc1ccccc1NC(=O)N(C)CCc1noc(-c2ccc(C(=O)N3CCC(C)CC3)cc2)n1. The molecule has 8 heteroatoms. The second-order valence-electron chi connectivity index (χ2n) is 8.98. The van der Waals surface area contributed by atoms with E-state index in [2.05, 4.69) is 22.4 Å². The molecule has 0 saturated carbocycles. The molecule has 1 N–H and O–H groups in total. The highest BCUT2D eigenvalue weighted by molar-refractivity contribution is 5.94. The lowest BCUT2D eigenvalue weighted by molar-refractivity contribution is 0.0697. The number of carbonyl (C=O) groups excluding carboxylic acids is 2. The van der Waals surface area contributed by atoms with E-state index in [1.807, 2.05) is 60.4 Å². The number of hydrogen-bond donors (Lipinski definition) is 1. The van der Waals surface area contributed by atoms with Crippen LogP contribution < -0.4 is 5.32 Å². The van der Waals surface area contributed by atoms with Gasteiger partial charge in [-0.2, -0.15) is 4.98 Å². The standard InChI is InChI=1S/C26H31N5O3/c1-18-12-16-31(17-13-18)25(32)21-10-8-20(9-11-21)24-28-23(29-34-24)14-15-30(3)26(33)27-22-7-5-4-6-19(22)2/h4-11,18H,12-17H2,1-3H3,(H,27,33). The van der Waals surface area contributed by atoms with Crippen LogP contribution in [0.1, 0.15) is 41.5 Å². The first-order chi connectivity index (χ1) is 16.4. The first-order valence-corrected chi connectivity index (χ1v) is 11.7. The van der Waals surface area contributed by atoms with E-state index in [0.29, 0.717) is 36.2 Å². The quantitative estimate of drug-likeness (QED) is 0.578. The molecule has 0 spiro atoms. The average molecular weight is 462 g/mol. The Labute approximate surface area is 199 Å². The van der Waals surface area contributed by atoms with Gasteiger partial charge in [-0.1, -0.05) is 30.3 Å². The van der Waals surface area contributed by atoms with Crippen molar-refractivity contribution in [3.05, 3.63) is 65.5 Å². The number of para-hydroxylation sites is 1. The third-order valence-electron chi connectivity index (χ3n) is 6.32. The summed E-state index contributed by atoms with van der Waals surface area (Å²) >= 11 is 0. The van der Waals surface area contributed by atoms with Gasteiger partial charge in [-0.3, -0.25) is 4.79 Å². The number of rotatable bonds is 6. The van der Waals surface area contributed by atoms with Crippen molar-refractivity contribution in [1.82, 2.24) is 19.9 Å². The molecule has 4 rings (SSSR count). The molecule has 0 atom stereocenters. The second-order valence-corrected chi connectivity index (χ2v) is 8.98. The maximum atomic E-state index is 12.7. The number of nitrogens with zero attached hydrogens (tertiary/aromatic N) is 4. The molecule has 1 aliphatic heterocycles. The average Bonchev–Trinajstić information content (AvgIpc) is 3.33. The number of aryl methyl sites for hydroxylation is 1. The van der Waals surface area contributed by atoms with Crippen LogP contribution in [0, 0.1) is 12.8 Å². The summed E-state index contributed by atoms with van der Waals surface area (Å²) in [6.07, 6.45) is 2.57. The lowest BCUT2D eigenvalue weighted by atomic mass is 9.98. The van der Waals surface area contributed by atoms with E-state index < -0.39 is 0 Å². The van der Waals surface area contributed by atoms with Crippen molar-refractivity contribution < 1.29 is 14.1 Å². The molecule has 0 aliphatic carbocycles. The topological polar surface area (TPSA) is 91.6 Å². The van der Waals surface area contributed by atoms with Crippen LogP contribution >= 0.6 is 0 Å². The van der Waals surface area contributed by atoms with Gasteiger partial charge in [0.25, 0.3) is 11.8 Å². The Morgan fingerprint density at radius 2 is 1.82 bits per heavy atom. The maximum absolute atomic E-state index is 12.7. The molecule has 1 aliphatic rings. The largest absolute Gasteiger partial charge is 0.339 e. The normalized spacial score (nSPS) is 14.1. The molecule has 1 aromatic heterocycles. The molecular weight excluding hydrogens is 430 g/mol. The predicted octanol–water partition coefficient (Wildman–Crippen LogP) is 4.62. The Hall–Kier alpha value is -3.68. The molecule has 8 nitrogen and oxygen atoms in total. The lowest BCUT2D eigenvalue weighted by Crippen LogP contribution is -2.37. The van der Waals surface area contributed by atoms with E-state index in [0.717, 1.165) is 42.7 Å². The fourth-order valence-corrected chi connectivity index (χ4v) is 3.92. The fourth-order valence-electron chi connectivity index (χ4n) is 3.92. The summed E-state index contributed by atoms with van der Waals surface area (Å²) in [6.45, 7) is 6.25. The van der Waals surface area contributed by atoms with Crippen molar-refractivity contribution in [1.29, 1.82) is 0 Å². The van der Waals surface area contributed by atoms with E-state index in [-0.39, 0.29) is 11.9 Å². The van der Waals surface area contributed by atoms with Crippen LogP contribution in [0.4, 0.5) is 10.5 Å². The fraction of sp³-hybridized carbons (Fsp3) is 0.385. The zero-order valence-electron chi connectivity index (χ0n) is 20.0. The number of amides is 3. The summed E-state index contributed by atoms with van der Waals surface area (Å²) in [5.41, 5.74) is 3.22. The number of benzene rings is 2. The van der Waals surface area contributed by atoms with Crippen LogP contribution in [-0.4, -0.2) is 58.6 Å². The molecule has 0 unspecified atom stereocenters. The molecule has 2 heterocycles. The number of anilines is 1. The molecule has 0 radical (unpaired) electrons. The van der Waals surface area contributed by atoms with Crippen molar-refractivity contribution in [3.8, 4) is 11.5 Å². The first-order valence-electron chi connectivity index (χ1n) is 11.7. The molecule has 1 saturated heterocycles. The summed E-state index contributed by atoms with van der Waals surface area (Å²) in [7, 11) is 1.73. The molecule has 1 fully saturated rings. The highest BCUT2D eigenvalue weighted by Crippen LogP contribution is 2.21. The van der Waals surface area contributed by atoms with Gasteiger partial charge in [-0.15, -0.1) is 0 Å². The Kier molecular flexibility index (Phi) is 7.25. The number of likely N-dealkylation sites (tertiary alicyclic amines) is 1. The van der Waals surface area contributed by atoms with Gasteiger partial charge >= 0.3 is 6.03 Å². The lowest BCUT2D eigenvalue weighted by Gasteiger charge is -2.30. The smallest absolute Gasteiger partial charge is 0.321 e. The number of carbonyl (C=O) groups is 2. The number of urea groups is 1. The highest BCUT2D eigenvalue weighted by atomic mass is 16.5. The van der Waals surface area contributed by atoms with Crippen LogP contribution in [0.3, 0.4) is 0 Å². The van der Waals surface area contributed by atoms with Gasteiger partial charge in [0.2, 0.25) is 0 Å². The molecule has 34 heavy (non-hydrogen) atoms. The third kappa shape index (κ3) is 5.62. The van der Waals surface area contributed by atoms with Gasteiger partial charge in [0.1, 0.15) is 0 Å². The van der Waals surface area contributed by atoms with Gasteiger partial charge in [-0.25, -0.2) is 4.79 Å². The monoisotopic (exact) mass is 461 g/mol. The predicted molar refractivity (Wildman–Crippen MR) is 131 cm³/mol. The number of piperidine rings is 1. The zero-order valence-corrected chi connectivity index (χ0v) is 20.0. The molecular formula is C26H31N5O3. The highest BCUT2D eigenvalue weighted by Gasteiger charge is 2.21. The van der Waals surface area contributed by atoms with Crippen LogP contribution in [0.2, 0.25) is 0 Å². The number of hydrogen-bond acceptors (Lipinski definition) is 5. The van der Waals surface area contributed by atoms with Crippen molar-refractivity contribution in [2.45, 2.75) is 33.1 Å². The van der Waals surface area contributed by atoms with Crippen molar-refractivity contribution in [2.75, 3.05) is 32.0 Å². The summed E-state index contributed by atoms with van der Waals surface area (Å²) in [5.74, 6) is 1.66. The minimum atomic E-state index is -0.193. The molecule has 0 bridgehead atoms. The number of nitrogens with one attached hydrogen (secondary N) is 1. The van der Waals surface area contributed by atoms with Crippen LogP contribution in [0.15, 0.2) is 53.1 Å². The van der Waals surface area contributed by atoms with E-state index in [9.17, 15) is 9.59 Å². The Morgan fingerprint density at radius 1 is 1.12 bits per heavy atom. The van der Waals surface area contributed by atoms with Crippen LogP contribution in [-0.2, 0) is 6.42 Å². The summed E-state index contributed by atoms with van der Waals surface area (Å²) < 4.78 is 5.41. The minimum absolute atomic E-state index is 0.0664. The number of aromatic nitrogens is 2. The van der Waals surface area contributed by atoms with Crippen molar-refractivity contribution in [3.63, 3.8) is 0 Å². The third-order valence-corrected chi connectivity index (χ3v) is 6.32. The van der Waals surface area contributed by atoms with E-state index in [4.69, 9.17) is 4.52 Å². The molecule has 178 valence electrons. The van der Waals surface area contributed by atoms with E-state index in [1.54, 1.807) is 11.9 Å². The molecule has 3 amide bonds. The van der Waals surface area contributed by atoms with Gasteiger partial charge in [-0.05, 0) is 61.6 Å². The van der Waals surface area contributed by atoms with Crippen LogP contribution in [0.25, 0.3) is 11.5 Å². The van der Waals surface area contributed by atoms with Gasteiger partial charge in [0.05, 0.1) is 0 Å². The van der Waals surface area contributed by atoms with Crippen molar-refractivity contribution in [2.24, 2.45) is 5.92 Å². The Balaban J connectivity index is 1.31. The molecule has 3 aromatic rings. The number of likely N-dealkylation sites (N-methyl/N-ethyl adjacent to an activating group) is 1. The van der Waals surface area contributed by atoms with Gasteiger partial charge in [0, 0.05) is 49.9 Å². The van der Waals surface area contributed by atoms with E-state index in [1.165, 1.54) is 0 Å². The molecule has 2 aromatic carbocycles.